The first kappa shape index (κ1) is 21.7. The number of thioether (sulfide) groups is 1. The average Bonchev–Trinajstić information content (AvgIpc) is 3.09. The number of unbranched alkanes of at least 4 members (excludes halogenated alkanes) is 1. The van der Waals surface area contributed by atoms with Gasteiger partial charge in [0.25, 0.3) is 5.78 Å². The number of carbonyl (C=O) groups excluding carboxylic acids is 2. The third kappa shape index (κ3) is 6.22. The Labute approximate surface area is 167 Å². The van der Waals surface area contributed by atoms with Gasteiger partial charge in [0.15, 0.2) is 5.16 Å². The molecule has 0 saturated carbocycles. The lowest BCUT2D eigenvalue weighted by Gasteiger charge is -2.09. The molecule has 2 heterocycles. The van der Waals surface area contributed by atoms with Crippen molar-refractivity contribution < 1.29 is 14.3 Å². The summed E-state index contributed by atoms with van der Waals surface area (Å²) in [5.74, 6) is 1.29. The number of hydrogen-bond acceptors (Lipinski definition) is 10. The van der Waals surface area contributed by atoms with Crippen LogP contribution in [0.15, 0.2) is 5.16 Å². The number of fused-ring (bicyclic) bond motifs is 1. The molecular weight excluding hydrogens is 384 g/mol. The first-order chi connectivity index (χ1) is 13.6. The Bertz CT molecular complexity index is 798. The van der Waals surface area contributed by atoms with Gasteiger partial charge in [-0.3, -0.25) is 9.59 Å². The first-order valence-electron chi connectivity index (χ1n) is 9.16. The molecule has 0 unspecified atom stereocenters. The van der Waals surface area contributed by atoms with Crippen molar-refractivity contribution in [2.24, 2.45) is 0 Å². The van der Waals surface area contributed by atoms with E-state index in [9.17, 15) is 9.59 Å². The molecule has 0 aliphatic carbocycles. The number of nitrogens with zero attached hydrogens (tertiary/aromatic N) is 5. The fourth-order valence-electron chi connectivity index (χ4n) is 2.30. The van der Waals surface area contributed by atoms with Crippen LogP contribution in [-0.4, -0.2) is 68.9 Å². The second kappa shape index (κ2) is 11.3. The zero-order valence-electron chi connectivity index (χ0n) is 16.3. The molecule has 0 aliphatic rings. The van der Waals surface area contributed by atoms with Gasteiger partial charge in [-0.05, 0) is 26.7 Å². The van der Waals surface area contributed by atoms with Crippen LogP contribution in [-0.2, 0) is 14.3 Å². The van der Waals surface area contributed by atoms with Crippen molar-refractivity contribution in [3.05, 3.63) is 0 Å². The maximum Gasteiger partial charge on any atom is 0.305 e. The third-order valence-corrected chi connectivity index (χ3v) is 4.53. The van der Waals surface area contributed by atoms with Gasteiger partial charge in [0.2, 0.25) is 17.8 Å². The summed E-state index contributed by atoms with van der Waals surface area (Å²) in [6.07, 6.45) is 1.74. The average molecular weight is 411 g/mol. The summed E-state index contributed by atoms with van der Waals surface area (Å²) < 4.78 is 6.27. The minimum atomic E-state index is -0.239. The van der Waals surface area contributed by atoms with E-state index < -0.39 is 0 Å². The molecule has 2 rings (SSSR count). The van der Waals surface area contributed by atoms with Crippen LogP contribution in [0, 0.1) is 0 Å². The van der Waals surface area contributed by atoms with E-state index in [1.54, 1.807) is 4.40 Å². The quantitative estimate of drug-likeness (QED) is 0.263. The molecule has 0 aliphatic heterocycles. The van der Waals surface area contributed by atoms with Gasteiger partial charge < -0.3 is 20.7 Å². The Morgan fingerprint density at radius 3 is 2.61 bits per heavy atom. The number of anilines is 2. The van der Waals surface area contributed by atoms with Crippen LogP contribution in [0.25, 0.3) is 5.78 Å². The molecule has 0 atom stereocenters. The number of methoxy groups -OCH3 is 1. The van der Waals surface area contributed by atoms with Gasteiger partial charge in [-0.1, -0.05) is 11.8 Å². The molecular formula is C16H26N8O3S. The molecule has 0 fully saturated rings. The Morgan fingerprint density at radius 2 is 1.89 bits per heavy atom. The first-order valence-corrected chi connectivity index (χ1v) is 10.1. The van der Waals surface area contributed by atoms with Crippen molar-refractivity contribution in [2.75, 3.05) is 43.1 Å². The Hall–Kier alpha value is -2.63. The van der Waals surface area contributed by atoms with Crippen LogP contribution < -0.4 is 16.0 Å². The largest absolute Gasteiger partial charge is 0.469 e. The van der Waals surface area contributed by atoms with Gasteiger partial charge in [-0.15, -0.1) is 10.2 Å². The maximum absolute atomic E-state index is 12.0. The number of ether oxygens (including phenoxy) is 1. The number of hydrogen-bond donors (Lipinski definition) is 3. The van der Waals surface area contributed by atoms with Crippen LogP contribution >= 0.6 is 11.8 Å². The molecule has 0 radical (unpaired) electrons. The smallest absolute Gasteiger partial charge is 0.305 e. The SMILES string of the molecule is CCNc1nc(NCC)n2c(SCC(=O)NCCCCC(=O)OC)nnc2n1. The molecule has 12 heteroatoms. The standard InChI is InChI=1S/C16H26N8O3S/c1-4-17-13-20-14(18-5-2)24-15(21-13)22-23-16(24)28-10-11(25)19-9-7-6-8-12(26)27-3/h4-10H2,1-3H3,(H,19,25)(H2,17,18,20,21,22). The minimum Gasteiger partial charge on any atom is -0.469 e. The van der Waals surface area contributed by atoms with Gasteiger partial charge in [0.1, 0.15) is 0 Å². The fourth-order valence-corrected chi connectivity index (χ4v) is 3.06. The van der Waals surface area contributed by atoms with E-state index in [1.165, 1.54) is 18.9 Å². The molecule has 154 valence electrons. The lowest BCUT2D eigenvalue weighted by molar-refractivity contribution is -0.140. The molecule has 28 heavy (non-hydrogen) atoms. The summed E-state index contributed by atoms with van der Waals surface area (Å²) in [5.41, 5.74) is 0. The van der Waals surface area contributed by atoms with Crippen molar-refractivity contribution in [3.63, 3.8) is 0 Å². The van der Waals surface area contributed by atoms with E-state index >= 15 is 0 Å². The van der Waals surface area contributed by atoms with Gasteiger partial charge >= 0.3 is 5.97 Å². The van der Waals surface area contributed by atoms with Gasteiger partial charge in [-0.25, -0.2) is 4.40 Å². The summed E-state index contributed by atoms with van der Waals surface area (Å²) in [6.45, 7) is 5.80. The normalized spacial score (nSPS) is 10.7. The Kier molecular flexibility index (Phi) is 8.72. The lowest BCUT2D eigenvalue weighted by atomic mass is 10.2. The topological polar surface area (TPSA) is 135 Å². The van der Waals surface area contributed by atoms with Crippen LogP contribution in [0.1, 0.15) is 33.1 Å². The third-order valence-electron chi connectivity index (χ3n) is 3.61. The molecule has 0 spiro atoms. The monoisotopic (exact) mass is 410 g/mol. The summed E-state index contributed by atoms with van der Waals surface area (Å²) in [5, 5.41) is 17.8. The summed E-state index contributed by atoms with van der Waals surface area (Å²) in [4.78, 5) is 31.8. The Morgan fingerprint density at radius 1 is 1.11 bits per heavy atom. The van der Waals surface area contributed by atoms with E-state index in [2.05, 4.69) is 40.9 Å². The summed E-state index contributed by atoms with van der Waals surface area (Å²) >= 11 is 1.26. The van der Waals surface area contributed by atoms with Gasteiger partial charge in [0.05, 0.1) is 12.9 Å². The predicted molar refractivity (Wildman–Crippen MR) is 107 cm³/mol. The highest BCUT2D eigenvalue weighted by Gasteiger charge is 2.15. The van der Waals surface area contributed by atoms with Crippen molar-refractivity contribution >= 4 is 41.3 Å². The van der Waals surface area contributed by atoms with Crippen molar-refractivity contribution in [3.8, 4) is 0 Å². The minimum absolute atomic E-state index is 0.116. The van der Waals surface area contributed by atoms with Crippen LogP contribution in [0.5, 0.6) is 0 Å². The molecule has 2 aromatic heterocycles. The second-order valence-electron chi connectivity index (χ2n) is 5.72. The van der Waals surface area contributed by atoms with Crippen LogP contribution in [0.2, 0.25) is 0 Å². The molecule has 0 aromatic carbocycles. The molecule has 3 N–H and O–H groups in total. The molecule has 11 nitrogen and oxygen atoms in total. The summed E-state index contributed by atoms with van der Waals surface area (Å²) in [6, 6.07) is 0. The second-order valence-corrected chi connectivity index (χ2v) is 6.66. The number of rotatable bonds is 12. The van der Waals surface area contributed by atoms with Crippen molar-refractivity contribution in [2.45, 2.75) is 38.3 Å². The van der Waals surface area contributed by atoms with Crippen LogP contribution in [0.4, 0.5) is 11.9 Å². The van der Waals surface area contributed by atoms with E-state index in [0.717, 1.165) is 0 Å². The number of nitrogens with one attached hydrogen (secondary N) is 3. The van der Waals surface area contributed by atoms with E-state index in [0.29, 0.717) is 61.7 Å². The Balaban J connectivity index is 1.91. The van der Waals surface area contributed by atoms with E-state index in [1.807, 2.05) is 13.8 Å². The van der Waals surface area contributed by atoms with E-state index in [-0.39, 0.29) is 17.6 Å². The van der Waals surface area contributed by atoms with Crippen molar-refractivity contribution in [1.82, 2.24) is 29.9 Å². The maximum atomic E-state index is 12.0. The zero-order valence-corrected chi connectivity index (χ0v) is 17.1. The van der Waals surface area contributed by atoms with Gasteiger partial charge in [-0.2, -0.15) is 9.97 Å². The molecule has 0 saturated heterocycles. The van der Waals surface area contributed by atoms with Crippen molar-refractivity contribution in [1.29, 1.82) is 0 Å². The summed E-state index contributed by atoms with van der Waals surface area (Å²) in [7, 11) is 1.36. The highest BCUT2D eigenvalue weighted by molar-refractivity contribution is 7.99. The number of carbonyl (C=O) groups is 2. The zero-order chi connectivity index (χ0) is 20.4. The number of esters is 1. The number of aromatic nitrogens is 5. The molecule has 1 amide bonds. The van der Waals surface area contributed by atoms with Gasteiger partial charge in [0, 0.05) is 26.1 Å². The fraction of sp³-hybridized carbons (Fsp3) is 0.625. The molecule has 2 aromatic rings. The lowest BCUT2D eigenvalue weighted by Crippen LogP contribution is -2.26. The highest BCUT2D eigenvalue weighted by Crippen LogP contribution is 2.20. The van der Waals surface area contributed by atoms with E-state index in [4.69, 9.17) is 0 Å². The van der Waals surface area contributed by atoms with Crippen LogP contribution in [0.3, 0.4) is 0 Å². The molecule has 0 bridgehead atoms. The predicted octanol–water partition coefficient (Wildman–Crippen LogP) is 0.935. The highest BCUT2D eigenvalue weighted by atomic mass is 32.2. The number of amides is 1.